The molecule has 86 valence electrons. The predicted octanol–water partition coefficient (Wildman–Crippen LogP) is 3.17. The van der Waals surface area contributed by atoms with E-state index in [4.69, 9.17) is 11.6 Å². The van der Waals surface area contributed by atoms with Crippen LogP contribution in [-0.4, -0.2) is 14.8 Å². The van der Waals surface area contributed by atoms with Crippen LogP contribution < -0.4 is 0 Å². The summed E-state index contributed by atoms with van der Waals surface area (Å²) in [6.45, 7) is 11.8. The zero-order valence-corrected chi connectivity index (χ0v) is 10.9. The maximum atomic E-state index is 5.99. The summed E-state index contributed by atoms with van der Waals surface area (Å²) in [6.07, 6.45) is 0. The van der Waals surface area contributed by atoms with E-state index < -0.39 is 0 Å². The zero-order chi connectivity index (χ0) is 11.6. The van der Waals surface area contributed by atoms with E-state index in [-0.39, 0.29) is 0 Å². The third-order valence-electron chi connectivity index (χ3n) is 3.00. The normalized spacial score (nSPS) is 12.1. The molecule has 0 aliphatic heterocycles. The van der Waals surface area contributed by atoms with Crippen LogP contribution in [0.2, 0.25) is 5.28 Å². The second-order valence-corrected chi connectivity index (χ2v) is 5.12. The van der Waals surface area contributed by atoms with Crippen LogP contribution in [0.3, 0.4) is 0 Å². The van der Waals surface area contributed by atoms with Gasteiger partial charge >= 0.3 is 0 Å². The summed E-state index contributed by atoms with van der Waals surface area (Å²) < 4.78 is 1.99. The first-order chi connectivity index (χ1) is 6.93. The molecular weight excluding hydrogens is 210 g/mol. The van der Waals surface area contributed by atoms with Gasteiger partial charge in [0.05, 0.1) is 0 Å². The van der Waals surface area contributed by atoms with E-state index >= 15 is 0 Å². The van der Waals surface area contributed by atoms with Gasteiger partial charge in [-0.25, -0.2) is 0 Å². The van der Waals surface area contributed by atoms with Crippen LogP contribution in [0, 0.1) is 24.7 Å². The fraction of sp³-hybridized carbons (Fsp3) is 0.818. The van der Waals surface area contributed by atoms with Crippen molar-refractivity contribution in [2.75, 3.05) is 0 Å². The van der Waals surface area contributed by atoms with E-state index in [9.17, 15) is 0 Å². The molecular formula is C11H20ClN3. The van der Waals surface area contributed by atoms with Gasteiger partial charge in [0, 0.05) is 6.54 Å². The van der Waals surface area contributed by atoms with Crippen LogP contribution in [0.15, 0.2) is 0 Å². The second-order valence-electron chi connectivity index (χ2n) is 4.78. The first-order valence-corrected chi connectivity index (χ1v) is 5.86. The van der Waals surface area contributed by atoms with Crippen molar-refractivity contribution in [1.29, 1.82) is 0 Å². The average Bonchev–Trinajstić information content (AvgIpc) is 2.42. The van der Waals surface area contributed by atoms with Gasteiger partial charge in [0.25, 0.3) is 0 Å². The molecule has 0 saturated heterocycles. The van der Waals surface area contributed by atoms with Crippen molar-refractivity contribution in [3.8, 4) is 0 Å². The Kier molecular flexibility index (Phi) is 4.14. The third kappa shape index (κ3) is 2.94. The van der Waals surface area contributed by atoms with Crippen molar-refractivity contribution in [2.45, 2.75) is 41.2 Å². The summed E-state index contributed by atoms with van der Waals surface area (Å²) >= 11 is 5.99. The smallest absolute Gasteiger partial charge is 0.225 e. The van der Waals surface area contributed by atoms with Crippen molar-refractivity contribution in [1.82, 2.24) is 14.8 Å². The number of hydrogen-bond acceptors (Lipinski definition) is 2. The fourth-order valence-electron chi connectivity index (χ4n) is 1.96. The molecule has 1 aromatic rings. The van der Waals surface area contributed by atoms with E-state index in [2.05, 4.69) is 37.9 Å². The lowest BCUT2D eigenvalue weighted by molar-refractivity contribution is 0.250. The number of rotatable bonds is 4. The minimum atomic E-state index is 0.499. The first kappa shape index (κ1) is 12.5. The average molecular weight is 230 g/mol. The quantitative estimate of drug-likeness (QED) is 0.794. The van der Waals surface area contributed by atoms with Gasteiger partial charge in [0.2, 0.25) is 5.28 Å². The van der Waals surface area contributed by atoms with Gasteiger partial charge < -0.3 is 4.57 Å². The van der Waals surface area contributed by atoms with E-state index in [0.717, 1.165) is 12.4 Å². The molecule has 0 spiro atoms. The van der Waals surface area contributed by atoms with Gasteiger partial charge in [0.1, 0.15) is 5.82 Å². The largest absolute Gasteiger partial charge is 0.302 e. The number of halogens is 1. The topological polar surface area (TPSA) is 30.7 Å². The van der Waals surface area contributed by atoms with Crippen molar-refractivity contribution in [3.05, 3.63) is 11.1 Å². The zero-order valence-electron chi connectivity index (χ0n) is 10.2. The molecule has 0 aromatic carbocycles. The van der Waals surface area contributed by atoms with Gasteiger partial charge in [-0.05, 0) is 36.3 Å². The van der Waals surface area contributed by atoms with E-state index in [1.807, 2.05) is 11.5 Å². The Morgan fingerprint density at radius 3 is 2.00 bits per heavy atom. The lowest BCUT2D eigenvalue weighted by Crippen LogP contribution is -2.22. The SMILES string of the molecule is Cc1nnc(Cl)n1CC(C(C)C)C(C)C. The maximum absolute atomic E-state index is 5.99. The third-order valence-corrected chi connectivity index (χ3v) is 3.28. The highest BCUT2D eigenvalue weighted by molar-refractivity contribution is 6.28. The van der Waals surface area contributed by atoms with Gasteiger partial charge in [-0.3, -0.25) is 0 Å². The number of aromatic nitrogens is 3. The summed E-state index contributed by atoms with van der Waals surface area (Å²) in [4.78, 5) is 0. The van der Waals surface area contributed by atoms with Crippen molar-refractivity contribution < 1.29 is 0 Å². The van der Waals surface area contributed by atoms with Crippen LogP contribution in [0.4, 0.5) is 0 Å². The van der Waals surface area contributed by atoms with Crippen LogP contribution >= 0.6 is 11.6 Å². The molecule has 0 atom stereocenters. The highest BCUT2D eigenvalue weighted by atomic mass is 35.5. The van der Waals surface area contributed by atoms with Crippen molar-refractivity contribution >= 4 is 11.6 Å². The highest BCUT2D eigenvalue weighted by Crippen LogP contribution is 2.24. The lowest BCUT2D eigenvalue weighted by atomic mass is 9.85. The highest BCUT2D eigenvalue weighted by Gasteiger charge is 2.20. The fourth-order valence-corrected chi connectivity index (χ4v) is 2.19. The van der Waals surface area contributed by atoms with Gasteiger partial charge in [-0.2, -0.15) is 0 Å². The predicted molar refractivity (Wildman–Crippen MR) is 62.9 cm³/mol. The van der Waals surface area contributed by atoms with Crippen molar-refractivity contribution in [3.63, 3.8) is 0 Å². The molecule has 1 aromatic heterocycles. The van der Waals surface area contributed by atoms with Crippen molar-refractivity contribution in [2.24, 2.45) is 17.8 Å². The van der Waals surface area contributed by atoms with Crippen LogP contribution in [0.1, 0.15) is 33.5 Å². The van der Waals surface area contributed by atoms with E-state index in [0.29, 0.717) is 23.0 Å². The molecule has 0 saturated carbocycles. The summed E-state index contributed by atoms with van der Waals surface area (Å²) in [7, 11) is 0. The number of nitrogens with zero attached hydrogens (tertiary/aromatic N) is 3. The molecule has 0 fully saturated rings. The molecule has 0 unspecified atom stereocenters. The summed E-state index contributed by atoms with van der Waals surface area (Å²) in [6, 6.07) is 0. The Hall–Kier alpha value is -0.570. The molecule has 0 bridgehead atoms. The van der Waals surface area contributed by atoms with Crippen LogP contribution in [0.5, 0.6) is 0 Å². The molecule has 4 heteroatoms. The summed E-state index contributed by atoms with van der Waals surface area (Å²) in [5.41, 5.74) is 0. The molecule has 1 heterocycles. The van der Waals surface area contributed by atoms with Crippen LogP contribution in [0.25, 0.3) is 0 Å². The van der Waals surface area contributed by atoms with Gasteiger partial charge in [-0.1, -0.05) is 27.7 Å². The lowest BCUT2D eigenvalue weighted by Gasteiger charge is -2.25. The summed E-state index contributed by atoms with van der Waals surface area (Å²) in [5.74, 6) is 2.79. The Bertz CT molecular complexity index is 290. The van der Waals surface area contributed by atoms with Crippen LogP contribution in [-0.2, 0) is 6.54 Å². The van der Waals surface area contributed by atoms with Gasteiger partial charge in [-0.15, -0.1) is 10.2 Å². The summed E-state index contributed by atoms with van der Waals surface area (Å²) in [5, 5.41) is 8.33. The molecule has 3 nitrogen and oxygen atoms in total. The Morgan fingerprint density at radius 1 is 1.13 bits per heavy atom. The number of hydrogen-bond donors (Lipinski definition) is 0. The molecule has 1 rings (SSSR count). The Labute approximate surface area is 96.8 Å². The molecule has 0 aliphatic rings. The standard InChI is InChI=1S/C11H20ClN3/c1-7(2)10(8(3)4)6-15-9(5)13-14-11(15)12/h7-8,10H,6H2,1-5H3. The molecule has 0 amide bonds. The molecule has 0 N–H and O–H groups in total. The second kappa shape index (κ2) is 4.97. The maximum Gasteiger partial charge on any atom is 0.225 e. The minimum absolute atomic E-state index is 0.499. The minimum Gasteiger partial charge on any atom is -0.302 e. The Morgan fingerprint density at radius 2 is 1.67 bits per heavy atom. The number of aryl methyl sites for hydroxylation is 1. The van der Waals surface area contributed by atoms with E-state index in [1.54, 1.807) is 0 Å². The molecule has 15 heavy (non-hydrogen) atoms. The van der Waals surface area contributed by atoms with E-state index in [1.165, 1.54) is 0 Å². The van der Waals surface area contributed by atoms with Gasteiger partial charge in [0.15, 0.2) is 0 Å². The Balaban J connectivity index is 2.83. The monoisotopic (exact) mass is 229 g/mol. The molecule has 0 radical (unpaired) electrons. The first-order valence-electron chi connectivity index (χ1n) is 5.48. The molecule has 0 aliphatic carbocycles.